The Labute approximate surface area is 126 Å². The molecule has 0 unspecified atom stereocenters. The number of hydrogen-bond acceptors (Lipinski definition) is 3. The highest BCUT2D eigenvalue weighted by atomic mass is 15.1. The van der Waals surface area contributed by atoms with Crippen LogP contribution in [0.2, 0.25) is 0 Å². The molecule has 0 aliphatic heterocycles. The number of pyridine rings is 1. The summed E-state index contributed by atoms with van der Waals surface area (Å²) in [7, 11) is 4.22. The van der Waals surface area contributed by atoms with Gasteiger partial charge in [0, 0.05) is 35.6 Å². The Kier molecular flexibility index (Phi) is 3.89. The van der Waals surface area contributed by atoms with Crippen LogP contribution in [-0.4, -0.2) is 35.1 Å². The number of rotatable bonds is 4. The van der Waals surface area contributed by atoms with E-state index >= 15 is 0 Å². The van der Waals surface area contributed by atoms with Gasteiger partial charge in [-0.05, 0) is 57.8 Å². The molecule has 114 valence electrons. The molecule has 0 atom stereocenters. The lowest BCUT2D eigenvalue weighted by Gasteiger charge is -2.18. The number of nitrogens with two attached hydrogens (primary N) is 1. The van der Waals surface area contributed by atoms with E-state index in [1.54, 1.807) is 0 Å². The van der Waals surface area contributed by atoms with Gasteiger partial charge in [0.05, 0.1) is 0 Å². The average molecular weight is 286 g/mol. The second-order valence-electron chi connectivity index (χ2n) is 6.34. The van der Waals surface area contributed by atoms with Crippen LogP contribution in [0.4, 0.5) is 5.69 Å². The minimum Gasteiger partial charge on any atom is -0.398 e. The third-order valence-corrected chi connectivity index (χ3v) is 4.58. The van der Waals surface area contributed by atoms with Crippen molar-refractivity contribution in [3.05, 3.63) is 23.0 Å². The van der Waals surface area contributed by atoms with Crippen molar-refractivity contribution in [2.75, 3.05) is 26.4 Å². The fourth-order valence-electron chi connectivity index (χ4n) is 3.35. The van der Waals surface area contributed by atoms with Crippen LogP contribution in [0.3, 0.4) is 0 Å². The molecule has 0 radical (unpaired) electrons. The molecule has 0 amide bonds. The topological polar surface area (TPSA) is 47.1 Å². The first-order valence-electron chi connectivity index (χ1n) is 8.06. The van der Waals surface area contributed by atoms with Crippen LogP contribution in [0.15, 0.2) is 6.07 Å². The number of aromatic nitrogens is 2. The van der Waals surface area contributed by atoms with E-state index in [1.165, 1.54) is 29.8 Å². The van der Waals surface area contributed by atoms with Crippen LogP contribution in [0.25, 0.3) is 11.0 Å². The summed E-state index contributed by atoms with van der Waals surface area (Å²) in [4.78, 5) is 7.20. The number of fused-ring (bicyclic) bond motifs is 2. The average Bonchev–Trinajstić information content (AvgIpc) is 2.83. The number of nitrogen functional groups attached to an aromatic ring is 1. The van der Waals surface area contributed by atoms with Crippen molar-refractivity contribution in [1.82, 2.24) is 14.5 Å². The van der Waals surface area contributed by atoms with Gasteiger partial charge in [0.25, 0.3) is 0 Å². The Morgan fingerprint density at radius 3 is 2.76 bits per heavy atom. The molecule has 0 fully saturated rings. The lowest BCUT2D eigenvalue weighted by atomic mass is 9.94. The molecule has 1 aliphatic rings. The maximum Gasteiger partial charge on any atom is 0.142 e. The molecule has 0 aromatic carbocycles. The standard InChI is InChI=1S/C17H26N4/c1-4-12-11-14-16(18)13-7-5-6-8-15(13)19-17(14)21(12)10-9-20(2)3/h11H,4-10H2,1-3H3,(H2,18,19). The summed E-state index contributed by atoms with van der Waals surface area (Å²) in [6, 6.07) is 2.25. The molecule has 0 bridgehead atoms. The van der Waals surface area contributed by atoms with Crippen LogP contribution < -0.4 is 5.73 Å². The van der Waals surface area contributed by atoms with Crippen molar-refractivity contribution in [1.29, 1.82) is 0 Å². The summed E-state index contributed by atoms with van der Waals surface area (Å²) in [5.41, 5.74) is 12.4. The quantitative estimate of drug-likeness (QED) is 0.940. The van der Waals surface area contributed by atoms with Crippen molar-refractivity contribution >= 4 is 16.7 Å². The molecule has 0 spiro atoms. The molecule has 21 heavy (non-hydrogen) atoms. The molecular weight excluding hydrogens is 260 g/mol. The molecule has 2 aromatic heterocycles. The molecule has 4 nitrogen and oxygen atoms in total. The van der Waals surface area contributed by atoms with Gasteiger partial charge in [-0.15, -0.1) is 0 Å². The van der Waals surface area contributed by atoms with Crippen molar-refractivity contribution < 1.29 is 0 Å². The fraction of sp³-hybridized carbons (Fsp3) is 0.588. The van der Waals surface area contributed by atoms with Crippen LogP contribution in [0.1, 0.15) is 36.7 Å². The van der Waals surface area contributed by atoms with E-state index in [2.05, 4.69) is 36.6 Å². The first-order valence-corrected chi connectivity index (χ1v) is 8.06. The molecular formula is C17H26N4. The van der Waals surface area contributed by atoms with Gasteiger partial charge in [-0.3, -0.25) is 0 Å². The number of anilines is 1. The molecule has 2 aromatic rings. The Morgan fingerprint density at radius 1 is 1.29 bits per heavy atom. The molecule has 0 saturated carbocycles. The maximum atomic E-state index is 6.47. The molecule has 2 N–H and O–H groups in total. The van der Waals surface area contributed by atoms with Gasteiger partial charge in [-0.25, -0.2) is 4.98 Å². The van der Waals surface area contributed by atoms with Gasteiger partial charge in [0.2, 0.25) is 0 Å². The van der Waals surface area contributed by atoms with E-state index < -0.39 is 0 Å². The van der Waals surface area contributed by atoms with E-state index in [0.717, 1.165) is 49.1 Å². The van der Waals surface area contributed by atoms with Gasteiger partial charge < -0.3 is 15.2 Å². The van der Waals surface area contributed by atoms with Gasteiger partial charge >= 0.3 is 0 Å². The highest BCUT2D eigenvalue weighted by Crippen LogP contribution is 2.33. The minimum atomic E-state index is 0.977. The Morgan fingerprint density at radius 2 is 2.05 bits per heavy atom. The second kappa shape index (κ2) is 5.68. The Hall–Kier alpha value is -1.55. The van der Waals surface area contributed by atoms with Crippen LogP contribution in [-0.2, 0) is 25.8 Å². The minimum absolute atomic E-state index is 0.977. The smallest absolute Gasteiger partial charge is 0.142 e. The van der Waals surface area contributed by atoms with Gasteiger partial charge in [0.15, 0.2) is 0 Å². The largest absolute Gasteiger partial charge is 0.398 e. The summed E-state index contributed by atoms with van der Waals surface area (Å²) in [5.74, 6) is 0. The summed E-state index contributed by atoms with van der Waals surface area (Å²) in [6.07, 6.45) is 5.68. The number of aryl methyl sites for hydroxylation is 2. The number of likely N-dealkylation sites (N-methyl/N-ethyl adjacent to an activating group) is 1. The number of nitrogens with zero attached hydrogens (tertiary/aromatic N) is 3. The highest BCUT2D eigenvalue weighted by Gasteiger charge is 2.19. The first kappa shape index (κ1) is 14.4. The van der Waals surface area contributed by atoms with Crippen molar-refractivity contribution in [2.45, 2.75) is 45.6 Å². The maximum absolute atomic E-state index is 6.47. The Balaban J connectivity index is 2.14. The van der Waals surface area contributed by atoms with E-state index in [0.29, 0.717) is 0 Å². The lowest BCUT2D eigenvalue weighted by molar-refractivity contribution is 0.384. The van der Waals surface area contributed by atoms with E-state index in [1.807, 2.05) is 0 Å². The molecule has 1 aliphatic carbocycles. The van der Waals surface area contributed by atoms with Crippen LogP contribution >= 0.6 is 0 Å². The molecule has 4 heteroatoms. The summed E-state index contributed by atoms with van der Waals surface area (Å²) < 4.78 is 2.36. The van der Waals surface area contributed by atoms with Crippen molar-refractivity contribution in [3.63, 3.8) is 0 Å². The predicted molar refractivity (Wildman–Crippen MR) is 88.7 cm³/mol. The number of hydrogen-bond donors (Lipinski definition) is 1. The predicted octanol–water partition coefficient (Wildman–Crippen LogP) is 2.62. The molecule has 2 heterocycles. The van der Waals surface area contributed by atoms with Gasteiger partial charge in [-0.2, -0.15) is 0 Å². The molecule has 0 saturated heterocycles. The summed E-state index contributed by atoms with van der Waals surface area (Å²) >= 11 is 0. The van der Waals surface area contributed by atoms with Crippen molar-refractivity contribution in [2.24, 2.45) is 0 Å². The Bertz CT molecular complexity index is 655. The normalized spacial score (nSPS) is 14.9. The van der Waals surface area contributed by atoms with E-state index in [-0.39, 0.29) is 0 Å². The summed E-state index contributed by atoms with van der Waals surface area (Å²) in [6.45, 7) is 4.21. The van der Waals surface area contributed by atoms with Crippen LogP contribution in [0.5, 0.6) is 0 Å². The zero-order valence-electron chi connectivity index (χ0n) is 13.4. The monoisotopic (exact) mass is 286 g/mol. The van der Waals surface area contributed by atoms with E-state index in [4.69, 9.17) is 10.7 Å². The van der Waals surface area contributed by atoms with Gasteiger partial charge in [0.1, 0.15) is 5.65 Å². The van der Waals surface area contributed by atoms with Crippen LogP contribution in [0, 0.1) is 0 Å². The fourth-order valence-corrected chi connectivity index (χ4v) is 3.35. The summed E-state index contributed by atoms with van der Waals surface area (Å²) in [5, 5.41) is 1.16. The highest BCUT2D eigenvalue weighted by molar-refractivity contribution is 5.92. The van der Waals surface area contributed by atoms with Crippen molar-refractivity contribution in [3.8, 4) is 0 Å². The molecule has 3 rings (SSSR count). The third-order valence-electron chi connectivity index (χ3n) is 4.58. The SMILES string of the molecule is CCc1cc2c(N)c3c(nc2n1CCN(C)C)CCCC3. The first-order chi connectivity index (χ1) is 10.1. The third kappa shape index (κ3) is 2.53. The van der Waals surface area contributed by atoms with Gasteiger partial charge in [-0.1, -0.05) is 6.92 Å². The lowest BCUT2D eigenvalue weighted by Crippen LogP contribution is -2.20. The second-order valence-corrected chi connectivity index (χ2v) is 6.34. The zero-order valence-corrected chi connectivity index (χ0v) is 13.4. The van der Waals surface area contributed by atoms with E-state index in [9.17, 15) is 0 Å². The zero-order chi connectivity index (χ0) is 15.0.